The predicted octanol–water partition coefficient (Wildman–Crippen LogP) is 4.18. The normalized spacial score (nSPS) is 17.7. The van der Waals surface area contributed by atoms with Gasteiger partial charge >= 0.3 is 11.9 Å². The minimum atomic E-state index is -1.69. The molecule has 0 saturated carbocycles. The van der Waals surface area contributed by atoms with Crippen LogP contribution < -0.4 is 14.9 Å². The summed E-state index contributed by atoms with van der Waals surface area (Å²) in [6.07, 6.45) is -7.17. The van der Waals surface area contributed by atoms with Crippen molar-refractivity contribution in [2.45, 2.75) is 37.3 Å². The lowest BCUT2D eigenvalue weighted by Crippen LogP contribution is -2.35. The molecule has 0 saturated heterocycles. The zero-order valence-electron chi connectivity index (χ0n) is 31.7. The SMILES string of the molecule is O=C(OC1Cc2c(O)cc(O)cc2OC1c1ccc2c(C3Oc4cc(O)cc(O)c4CC3OC(=O)c3cc(O)c(O)c(O)c3)cc(O)c(O)c2c(=O)c1O)c1cc(O)c(O)c(O)c1. The summed E-state index contributed by atoms with van der Waals surface area (Å²) in [5, 5.41) is 135. The van der Waals surface area contributed by atoms with Crippen molar-refractivity contribution in [2.75, 3.05) is 0 Å². The molecule has 13 N–H and O–H groups in total. The molecule has 20 heteroatoms. The molecule has 0 aliphatic carbocycles. The number of phenols is 12. The molecule has 2 heterocycles. The fraction of sp³-hybridized carbons (Fsp3) is 0.140. The third-order valence-corrected chi connectivity index (χ3v) is 10.6. The number of rotatable bonds is 6. The molecule has 6 aromatic rings. The smallest absolute Gasteiger partial charge is 0.338 e. The molecule has 0 radical (unpaired) electrons. The largest absolute Gasteiger partial charge is 0.508 e. The summed E-state index contributed by atoms with van der Waals surface area (Å²) in [7, 11) is 0. The Bertz CT molecular complexity index is 2950. The lowest BCUT2D eigenvalue weighted by molar-refractivity contribution is -0.0195. The van der Waals surface area contributed by atoms with E-state index in [0.29, 0.717) is 0 Å². The minimum Gasteiger partial charge on any atom is -0.508 e. The van der Waals surface area contributed by atoms with Gasteiger partial charge in [0.15, 0.2) is 64.0 Å². The quantitative estimate of drug-likeness (QED) is 0.0824. The first-order chi connectivity index (χ1) is 29.8. The van der Waals surface area contributed by atoms with E-state index >= 15 is 0 Å². The van der Waals surface area contributed by atoms with Crippen molar-refractivity contribution in [1.82, 2.24) is 0 Å². The second kappa shape index (κ2) is 15.0. The summed E-state index contributed by atoms with van der Waals surface area (Å²) in [4.78, 5) is 41.3. The van der Waals surface area contributed by atoms with E-state index in [1.165, 1.54) is 0 Å². The van der Waals surface area contributed by atoms with Crippen LogP contribution in [-0.4, -0.2) is 90.5 Å². The molecule has 0 bridgehead atoms. The van der Waals surface area contributed by atoms with Gasteiger partial charge in [-0.1, -0.05) is 12.1 Å². The average molecular weight is 869 g/mol. The molecule has 4 unspecified atom stereocenters. The van der Waals surface area contributed by atoms with Crippen molar-refractivity contribution in [2.24, 2.45) is 0 Å². The van der Waals surface area contributed by atoms with E-state index in [0.717, 1.165) is 66.7 Å². The molecule has 0 amide bonds. The van der Waals surface area contributed by atoms with Crippen molar-refractivity contribution in [3.05, 3.63) is 110 Å². The van der Waals surface area contributed by atoms with E-state index in [1.54, 1.807) is 0 Å². The summed E-state index contributed by atoms with van der Waals surface area (Å²) in [6, 6.07) is 10.5. The highest BCUT2D eigenvalue weighted by Gasteiger charge is 2.41. The lowest BCUT2D eigenvalue weighted by Gasteiger charge is -2.34. The molecular formula is C43H32O20. The van der Waals surface area contributed by atoms with Gasteiger partial charge in [-0.3, -0.25) is 4.79 Å². The molecule has 8 rings (SSSR count). The van der Waals surface area contributed by atoms with E-state index in [9.17, 15) is 80.8 Å². The molecule has 4 atom stereocenters. The van der Waals surface area contributed by atoms with Crippen molar-refractivity contribution in [1.29, 1.82) is 0 Å². The van der Waals surface area contributed by atoms with Crippen LogP contribution in [0, 0.1) is 0 Å². The lowest BCUT2D eigenvalue weighted by atomic mass is 9.91. The molecule has 6 aromatic carbocycles. The van der Waals surface area contributed by atoms with Crippen LogP contribution in [-0.2, 0) is 22.3 Å². The number of esters is 2. The van der Waals surface area contributed by atoms with Crippen LogP contribution >= 0.6 is 0 Å². The predicted molar refractivity (Wildman–Crippen MR) is 210 cm³/mol. The van der Waals surface area contributed by atoms with Crippen LogP contribution in [0.25, 0.3) is 10.8 Å². The van der Waals surface area contributed by atoms with Gasteiger partial charge in [0.2, 0.25) is 5.43 Å². The summed E-state index contributed by atoms with van der Waals surface area (Å²) < 4.78 is 23.7. The number of fused-ring (bicyclic) bond motifs is 3. The van der Waals surface area contributed by atoms with Crippen molar-refractivity contribution >= 4 is 22.7 Å². The maximum Gasteiger partial charge on any atom is 0.338 e. The third-order valence-electron chi connectivity index (χ3n) is 10.6. The Labute approximate surface area is 351 Å². The maximum absolute atomic E-state index is 14.3. The topological polar surface area (TPSA) is 351 Å². The van der Waals surface area contributed by atoms with Crippen LogP contribution in [0.15, 0.2) is 71.5 Å². The van der Waals surface area contributed by atoms with Crippen molar-refractivity contribution in [3.8, 4) is 86.2 Å². The van der Waals surface area contributed by atoms with Crippen LogP contribution in [0.1, 0.15) is 55.2 Å². The van der Waals surface area contributed by atoms with Gasteiger partial charge in [-0.05, 0) is 35.7 Å². The Morgan fingerprint density at radius 3 is 1.33 bits per heavy atom. The number of hydrogen-bond donors (Lipinski definition) is 13. The number of aromatic hydroxyl groups is 13. The Hall–Kier alpha value is -8.81. The molecule has 2 aliphatic rings. The minimum absolute atomic E-state index is 0.000488. The van der Waals surface area contributed by atoms with Crippen molar-refractivity contribution < 1.29 is 94.9 Å². The number of ether oxygens (including phenoxy) is 4. The molecule has 0 fully saturated rings. The van der Waals surface area contributed by atoms with Crippen LogP contribution in [0.5, 0.6) is 86.2 Å². The van der Waals surface area contributed by atoms with Gasteiger partial charge in [0, 0.05) is 59.4 Å². The average Bonchev–Trinajstić information content (AvgIpc) is 3.35. The first kappa shape index (κ1) is 40.9. The Kier molecular flexibility index (Phi) is 9.77. The first-order valence-corrected chi connectivity index (χ1v) is 18.4. The number of carbonyl (C=O) groups excluding carboxylic acids is 2. The van der Waals surface area contributed by atoms with Crippen molar-refractivity contribution in [3.63, 3.8) is 0 Å². The fourth-order valence-electron chi connectivity index (χ4n) is 7.55. The Balaban J connectivity index is 1.28. The zero-order chi connectivity index (χ0) is 45.3. The molecule has 2 aliphatic heterocycles. The van der Waals surface area contributed by atoms with E-state index in [4.69, 9.17) is 18.9 Å². The number of benzene rings is 5. The Morgan fingerprint density at radius 1 is 0.476 bits per heavy atom. The number of carbonyl (C=O) groups is 2. The second-order valence-electron chi connectivity index (χ2n) is 14.6. The van der Waals surface area contributed by atoms with Crippen LogP contribution in [0.4, 0.5) is 0 Å². The van der Waals surface area contributed by atoms with Crippen LogP contribution in [0.2, 0.25) is 0 Å². The van der Waals surface area contributed by atoms with Gasteiger partial charge in [0.1, 0.15) is 46.7 Å². The second-order valence-corrected chi connectivity index (χ2v) is 14.6. The number of hydrogen-bond acceptors (Lipinski definition) is 20. The summed E-state index contributed by atoms with van der Waals surface area (Å²) in [5.41, 5.74) is -2.93. The third kappa shape index (κ3) is 7.09. The molecule has 20 nitrogen and oxygen atoms in total. The molecule has 324 valence electrons. The first-order valence-electron chi connectivity index (χ1n) is 18.4. The zero-order valence-corrected chi connectivity index (χ0v) is 31.7. The van der Waals surface area contributed by atoms with E-state index in [1.807, 2.05) is 0 Å². The highest BCUT2D eigenvalue weighted by Crippen LogP contribution is 2.49. The summed E-state index contributed by atoms with van der Waals surface area (Å²) in [5.74, 6) is -13.3. The van der Waals surface area contributed by atoms with Crippen LogP contribution in [0.3, 0.4) is 0 Å². The Morgan fingerprint density at radius 2 is 0.889 bits per heavy atom. The molecule has 0 spiro atoms. The van der Waals surface area contributed by atoms with Gasteiger partial charge in [0.05, 0.1) is 16.5 Å². The summed E-state index contributed by atoms with van der Waals surface area (Å²) in [6.45, 7) is 0. The fourth-order valence-corrected chi connectivity index (χ4v) is 7.55. The monoisotopic (exact) mass is 868 g/mol. The molecule has 63 heavy (non-hydrogen) atoms. The summed E-state index contributed by atoms with van der Waals surface area (Å²) >= 11 is 0. The molecular weight excluding hydrogens is 836 g/mol. The highest BCUT2D eigenvalue weighted by atomic mass is 16.6. The van der Waals surface area contributed by atoms with Gasteiger partial charge in [0.25, 0.3) is 0 Å². The van der Waals surface area contributed by atoms with Gasteiger partial charge in [-0.15, -0.1) is 0 Å². The van der Waals surface area contributed by atoms with E-state index < -0.39 is 145 Å². The number of phenolic OH excluding ortho intramolecular Hbond substituents is 12. The standard InChI is InChI=1S/C43H32O20/c44-16-7-23(46)21-12-32(62-42(58)14-3-25(48)36(54)26(49)4-14)40(60-30(21)9-16)19-2-1-18-20(11-29(52)38(56)34(18)39(57)35(19)53)41-33(13-22-24(47)8-17(45)10-31(22)61-41)63-43(59)15-5-27(50)37(55)28(51)6-15/h1-11,32-33,40-41,44-52,54-56H,12-13H2,(H,53,57). The van der Waals surface area contributed by atoms with E-state index in [-0.39, 0.29) is 40.0 Å². The highest BCUT2D eigenvalue weighted by molar-refractivity contribution is 5.95. The van der Waals surface area contributed by atoms with Gasteiger partial charge in [-0.25, -0.2) is 9.59 Å². The van der Waals surface area contributed by atoms with E-state index in [2.05, 4.69) is 0 Å². The maximum atomic E-state index is 14.3. The van der Waals surface area contributed by atoms with Gasteiger partial charge < -0.3 is 85.3 Å². The molecule has 0 aromatic heterocycles. The van der Waals surface area contributed by atoms with Gasteiger partial charge in [-0.2, -0.15) is 0 Å².